The summed E-state index contributed by atoms with van der Waals surface area (Å²) in [5, 5.41) is 19.4. The second-order valence-electron chi connectivity index (χ2n) is 5.22. The molecule has 0 unspecified atom stereocenters. The molecule has 0 aliphatic rings. The molecule has 0 radical (unpaired) electrons. The van der Waals surface area contributed by atoms with Gasteiger partial charge in [-0.15, -0.1) is 5.10 Å². The van der Waals surface area contributed by atoms with Crippen LogP contribution in [0, 0.1) is 13.8 Å². The van der Waals surface area contributed by atoms with Gasteiger partial charge in [0.05, 0.1) is 28.5 Å². The highest BCUT2D eigenvalue weighted by Crippen LogP contribution is 2.21. The molecule has 8 nitrogen and oxygen atoms in total. The molecule has 0 spiro atoms. The zero-order valence-corrected chi connectivity index (χ0v) is 14.4. The van der Waals surface area contributed by atoms with Crippen molar-refractivity contribution < 1.29 is 4.79 Å². The molecule has 1 amide bonds. The Labute approximate surface area is 143 Å². The highest BCUT2D eigenvalue weighted by atomic mass is 32.2. The van der Waals surface area contributed by atoms with Gasteiger partial charge in [0.25, 0.3) is 0 Å². The number of rotatable bonds is 5. The molecule has 0 saturated carbocycles. The number of hydrogen-bond donors (Lipinski definition) is 1. The average molecular weight is 343 g/mol. The van der Waals surface area contributed by atoms with Gasteiger partial charge in [0.1, 0.15) is 0 Å². The first-order valence-corrected chi connectivity index (χ1v) is 8.31. The van der Waals surface area contributed by atoms with Crippen LogP contribution in [0.4, 0.5) is 5.69 Å². The Morgan fingerprint density at radius 2 is 2.00 bits per heavy atom. The Kier molecular flexibility index (Phi) is 4.61. The van der Waals surface area contributed by atoms with Gasteiger partial charge in [0.15, 0.2) is 0 Å². The molecular formula is C15H17N7OS. The van der Waals surface area contributed by atoms with E-state index in [0.29, 0.717) is 5.16 Å². The first-order chi connectivity index (χ1) is 11.6. The predicted molar refractivity (Wildman–Crippen MR) is 91.2 cm³/mol. The molecule has 3 aromatic rings. The molecule has 0 aliphatic heterocycles. The number of anilines is 1. The molecule has 2 heterocycles. The number of thioether (sulfide) groups is 1. The minimum Gasteiger partial charge on any atom is -0.322 e. The van der Waals surface area contributed by atoms with E-state index in [1.54, 1.807) is 9.36 Å². The van der Waals surface area contributed by atoms with Crippen LogP contribution in [-0.2, 0) is 11.8 Å². The molecule has 24 heavy (non-hydrogen) atoms. The van der Waals surface area contributed by atoms with Gasteiger partial charge in [-0.2, -0.15) is 9.78 Å². The standard InChI is InChI=1S/C15H17N7OS/c1-10-14(11(2)21(3)18-10)16-13(23)9-24-15-17-19-20-22(15)12-7-5-4-6-8-12/h4-8H,9H2,1-3H3,(H,16,23). The fourth-order valence-electron chi connectivity index (χ4n) is 2.26. The van der Waals surface area contributed by atoms with Crippen molar-refractivity contribution in [2.24, 2.45) is 7.05 Å². The highest BCUT2D eigenvalue weighted by Gasteiger charge is 2.15. The molecule has 1 N–H and O–H groups in total. The van der Waals surface area contributed by atoms with Crippen LogP contribution >= 0.6 is 11.8 Å². The van der Waals surface area contributed by atoms with Crippen molar-refractivity contribution in [2.75, 3.05) is 11.1 Å². The van der Waals surface area contributed by atoms with Crippen LogP contribution in [0.1, 0.15) is 11.4 Å². The van der Waals surface area contributed by atoms with E-state index in [1.807, 2.05) is 51.2 Å². The lowest BCUT2D eigenvalue weighted by Gasteiger charge is -2.06. The fraction of sp³-hybridized carbons (Fsp3) is 0.267. The monoisotopic (exact) mass is 343 g/mol. The number of hydrogen-bond acceptors (Lipinski definition) is 6. The molecular weight excluding hydrogens is 326 g/mol. The molecule has 0 saturated heterocycles. The van der Waals surface area contributed by atoms with Crippen LogP contribution in [0.3, 0.4) is 0 Å². The summed E-state index contributed by atoms with van der Waals surface area (Å²) < 4.78 is 3.35. The van der Waals surface area contributed by atoms with Crippen molar-refractivity contribution in [2.45, 2.75) is 19.0 Å². The van der Waals surface area contributed by atoms with E-state index in [2.05, 4.69) is 25.9 Å². The zero-order valence-electron chi connectivity index (χ0n) is 13.6. The Bertz CT molecular complexity index is 856. The topological polar surface area (TPSA) is 90.5 Å². The van der Waals surface area contributed by atoms with Crippen molar-refractivity contribution in [1.29, 1.82) is 0 Å². The summed E-state index contributed by atoms with van der Waals surface area (Å²) in [6.07, 6.45) is 0. The average Bonchev–Trinajstić information content (AvgIpc) is 3.14. The first-order valence-electron chi connectivity index (χ1n) is 7.33. The van der Waals surface area contributed by atoms with Crippen LogP contribution in [0.5, 0.6) is 0 Å². The van der Waals surface area contributed by atoms with Crippen LogP contribution in [-0.4, -0.2) is 41.6 Å². The van der Waals surface area contributed by atoms with Crippen molar-refractivity contribution in [1.82, 2.24) is 30.0 Å². The smallest absolute Gasteiger partial charge is 0.234 e. The zero-order chi connectivity index (χ0) is 17.1. The lowest BCUT2D eigenvalue weighted by molar-refractivity contribution is -0.113. The number of nitrogens with one attached hydrogen (secondary N) is 1. The van der Waals surface area contributed by atoms with E-state index in [1.165, 1.54) is 11.8 Å². The maximum Gasteiger partial charge on any atom is 0.234 e. The van der Waals surface area contributed by atoms with E-state index in [-0.39, 0.29) is 11.7 Å². The number of amides is 1. The number of nitrogens with zero attached hydrogens (tertiary/aromatic N) is 6. The van der Waals surface area contributed by atoms with Crippen LogP contribution in [0.25, 0.3) is 5.69 Å². The quantitative estimate of drug-likeness (QED) is 0.710. The summed E-state index contributed by atoms with van der Waals surface area (Å²) in [5.74, 6) is 0.0860. The maximum absolute atomic E-state index is 12.2. The van der Waals surface area contributed by atoms with Gasteiger partial charge < -0.3 is 5.32 Å². The van der Waals surface area contributed by atoms with Gasteiger partial charge in [-0.05, 0) is 36.4 Å². The maximum atomic E-state index is 12.2. The van der Waals surface area contributed by atoms with Gasteiger partial charge in [-0.3, -0.25) is 9.48 Å². The molecule has 0 bridgehead atoms. The van der Waals surface area contributed by atoms with Crippen molar-refractivity contribution in [3.63, 3.8) is 0 Å². The summed E-state index contributed by atoms with van der Waals surface area (Å²) in [5.41, 5.74) is 3.32. The summed E-state index contributed by atoms with van der Waals surface area (Å²) in [6, 6.07) is 9.55. The number of benzene rings is 1. The number of carbonyl (C=O) groups is 1. The number of aromatic nitrogens is 6. The largest absolute Gasteiger partial charge is 0.322 e. The molecule has 0 atom stereocenters. The van der Waals surface area contributed by atoms with Gasteiger partial charge in [0.2, 0.25) is 11.1 Å². The molecule has 9 heteroatoms. The van der Waals surface area contributed by atoms with Crippen LogP contribution < -0.4 is 5.32 Å². The fourth-order valence-corrected chi connectivity index (χ4v) is 2.95. The third kappa shape index (κ3) is 3.30. The first kappa shape index (κ1) is 16.2. The summed E-state index contributed by atoms with van der Waals surface area (Å²) in [4.78, 5) is 12.2. The highest BCUT2D eigenvalue weighted by molar-refractivity contribution is 7.99. The lowest BCUT2D eigenvalue weighted by Crippen LogP contribution is -2.15. The van der Waals surface area contributed by atoms with Gasteiger partial charge in [0, 0.05) is 7.05 Å². The second kappa shape index (κ2) is 6.83. The summed E-state index contributed by atoms with van der Waals surface area (Å²) in [6.45, 7) is 3.78. The molecule has 2 aromatic heterocycles. The van der Waals surface area contributed by atoms with E-state index in [9.17, 15) is 4.79 Å². The Hall–Kier alpha value is -2.68. The molecule has 0 fully saturated rings. The van der Waals surface area contributed by atoms with Crippen molar-refractivity contribution in [3.8, 4) is 5.69 Å². The van der Waals surface area contributed by atoms with E-state index in [4.69, 9.17) is 0 Å². The predicted octanol–water partition coefficient (Wildman–Crippen LogP) is 1.74. The lowest BCUT2D eigenvalue weighted by atomic mass is 10.3. The third-order valence-corrected chi connectivity index (χ3v) is 4.47. The summed E-state index contributed by atoms with van der Waals surface area (Å²) >= 11 is 1.28. The molecule has 0 aliphatic carbocycles. The normalized spacial score (nSPS) is 10.8. The summed E-state index contributed by atoms with van der Waals surface area (Å²) in [7, 11) is 1.85. The van der Waals surface area contributed by atoms with E-state index in [0.717, 1.165) is 22.8 Å². The van der Waals surface area contributed by atoms with Gasteiger partial charge in [-0.25, -0.2) is 0 Å². The van der Waals surface area contributed by atoms with E-state index < -0.39 is 0 Å². The molecule has 1 aromatic carbocycles. The Morgan fingerprint density at radius 1 is 1.25 bits per heavy atom. The number of para-hydroxylation sites is 1. The Balaban J connectivity index is 1.67. The molecule has 124 valence electrons. The third-order valence-electron chi connectivity index (χ3n) is 3.55. The van der Waals surface area contributed by atoms with Crippen molar-refractivity contribution in [3.05, 3.63) is 41.7 Å². The van der Waals surface area contributed by atoms with Gasteiger partial charge >= 0.3 is 0 Å². The molecule has 3 rings (SSSR count). The number of aryl methyl sites for hydroxylation is 2. The number of carbonyl (C=O) groups excluding carboxylic acids is 1. The van der Waals surface area contributed by atoms with Crippen LogP contribution in [0.2, 0.25) is 0 Å². The van der Waals surface area contributed by atoms with E-state index >= 15 is 0 Å². The van der Waals surface area contributed by atoms with Crippen LogP contribution in [0.15, 0.2) is 35.5 Å². The SMILES string of the molecule is Cc1nn(C)c(C)c1NC(=O)CSc1nnnn1-c1ccccc1. The minimum absolute atomic E-state index is 0.123. The van der Waals surface area contributed by atoms with Crippen molar-refractivity contribution >= 4 is 23.4 Å². The minimum atomic E-state index is -0.123. The number of tetrazole rings is 1. The Morgan fingerprint density at radius 3 is 2.67 bits per heavy atom. The second-order valence-corrected chi connectivity index (χ2v) is 6.16. The van der Waals surface area contributed by atoms with Gasteiger partial charge in [-0.1, -0.05) is 30.0 Å².